The molecule has 2 aromatic rings. The molecule has 0 aliphatic rings. The largest absolute Gasteiger partial charge is 0.502 e. The summed E-state index contributed by atoms with van der Waals surface area (Å²) in [5.41, 5.74) is 0.829. The summed E-state index contributed by atoms with van der Waals surface area (Å²) in [6, 6.07) is 9.18. The zero-order chi connectivity index (χ0) is 11.3. The highest BCUT2D eigenvalue weighted by Gasteiger charge is 2.02. The van der Waals surface area contributed by atoms with Crippen molar-refractivity contribution in [3.8, 4) is 5.75 Å². The molecule has 0 aliphatic heterocycles. The number of rotatable bonds is 0. The average Bonchev–Trinajstić information content (AvgIpc) is 2.18. The first-order chi connectivity index (χ1) is 7.11. The standard InChI is InChI=1S/C9H7NO.NO3/c11-9-5-3-7-10-6-2-1-4-8(9)10;2-1(3)4/h1-7H;/q;-1/p+1. The number of aromatic nitrogens is 1. The molecule has 2 rings (SSSR count). The Morgan fingerprint density at radius 3 is 2.33 bits per heavy atom. The van der Waals surface area contributed by atoms with Gasteiger partial charge in [0, 0.05) is 18.2 Å². The van der Waals surface area contributed by atoms with Gasteiger partial charge in [0.25, 0.3) is 5.52 Å². The van der Waals surface area contributed by atoms with Crippen LogP contribution in [0.2, 0.25) is 0 Å². The van der Waals surface area contributed by atoms with E-state index in [9.17, 15) is 5.11 Å². The Labute approximate surface area is 84.8 Å². The van der Waals surface area contributed by atoms with E-state index in [1.165, 1.54) is 0 Å². The van der Waals surface area contributed by atoms with Gasteiger partial charge in [-0.1, -0.05) is 0 Å². The molecule has 2 aromatic heterocycles. The van der Waals surface area contributed by atoms with Crippen LogP contribution in [-0.2, 0) is 0 Å². The maximum Gasteiger partial charge on any atom is 0.252 e. The van der Waals surface area contributed by atoms with E-state index >= 15 is 0 Å². The van der Waals surface area contributed by atoms with Gasteiger partial charge in [0.2, 0.25) is 0 Å². The van der Waals surface area contributed by atoms with Crippen molar-refractivity contribution in [3.63, 3.8) is 0 Å². The summed E-state index contributed by atoms with van der Waals surface area (Å²) in [6.45, 7) is 0. The minimum Gasteiger partial charge on any atom is -0.502 e. The van der Waals surface area contributed by atoms with Gasteiger partial charge >= 0.3 is 0 Å². The van der Waals surface area contributed by atoms with Gasteiger partial charge in [-0.15, -0.1) is 0 Å². The molecule has 0 spiro atoms. The van der Waals surface area contributed by atoms with Crippen LogP contribution in [0.4, 0.5) is 0 Å². The van der Waals surface area contributed by atoms with Gasteiger partial charge in [0.15, 0.2) is 18.1 Å². The second-order valence-electron chi connectivity index (χ2n) is 2.61. The van der Waals surface area contributed by atoms with Crippen molar-refractivity contribution >= 4 is 5.52 Å². The molecule has 2 heterocycles. The lowest BCUT2D eigenvalue weighted by Gasteiger charge is -1.90. The van der Waals surface area contributed by atoms with Gasteiger partial charge in [0.1, 0.15) is 0 Å². The van der Waals surface area contributed by atoms with Crippen molar-refractivity contribution in [2.24, 2.45) is 0 Å². The molecule has 0 bridgehead atoms. The molecule has 0 atom stereocenters. The second kappa shape index (κ2) is 4.75. The van der Waals surface area contributed by atoms with Crippen molar-refractivity contribution in [1.29, 1.82) is 0 Å². The van der Waals surface area contributed by atoms with Crippen molar-refractivity contribution in [2.45, 2.75) is 0 Å². The third-order valence-corrected chi connectivity index (χ3v) is 1.65. The Kier molecular flexibility index (Phi) is 3.39. The smallest absolute Gasteiger partial charge is 0.252 e. The number of nitrogens with zero attached hydrogens (tertiary/aromatic N) is 2. The third-order valence-electron chi connectivity index (χ3n) is 1.65. The first-order valence-electron chi connectivity index (χ1n) is 4.01. The van der Waals surface area contributed by atoms with Gasteiger partial charge in [-0.05, 0) is 12.1 Å². The fraction of sp³-hybridized carbons (Fsp3) is 0. The SMILES string of the molecule is O=[N+]([O-])[O-].Oc1ccc[n+]2ccccc12. The van der Waals surface area contributed by atoms with Crippen molar-refractivity contribution in [3.05, 3.63) is 58.0 Å². The molecule has 0 aliphatic carbocycles. The maximum atomic E-state index is 9.35. The van der Waals surface area contributed by atoms with Crippen LogP contribution in [0.5, 0.6) is 5.75 Å². The van der Waals surface area contributed by atoms with Crippen molar-refractivity contribution in [2.75, 3.05) is 0 Å². The molecule has 1 N–H and O–H groups in total. The Morgan fingerprint density at radius 1 is 1.13 bits per heavy atom. The summed E-state index contributed by atoms with van der Waals surface area (Å²) >= 11 is 0. The van der Waals surface area contributed by atoms with Crippen LogP contribution < -0.4 is 4.40 Å². The molecular weight excluding hydrogens is 200 g/mol. The molecule has 6 nitrogen and oxygen atoms in total. The summed E-state index contributed by atoms with van der Waals surface area (Å²) in [7, 11) is 0. The normalized spacial score (nSPS) is 9.07. The Morgan fingerprint density at radius 2 is 1.73 bits per heavy atom. The highest BCUT2D eigenvalue weighted by Crippen LogP contribution is 2.11. The number of pyridine rings is 2. The van der Waals surface area contributed by atoms with Crippen LogP contribution in [0, 0.1) is 15.3 Å². The van der Waals surface area contributed by atoms with Gasteiger partial charge in [-0.25, -0.2) is 0 Å². The number of hydrogen-bond acceptors (Lipinski definition) is 4. The zero-order valence-corrected chi connectivity index (χ0v) is 7.61. The van der Waals surface area contributed by atoms with Crippen LogP contribution in [-0.4, -0.2) is 10.2 Å². The summed E-state index contributed by atoms with van der Waals surface area (Å²) in [5, 5.41) is 24.1. The van der Waals surface area contributed by atoms with E-state index in [2.05, 4.69) is 0 Å². The molecule has 0 saturated carbocycles. The van der Waals surface area contributed by atoms with Crippen LogP contribution in [0.25, 0.3) is 5.52 Å². The molecule has 0 aromatic carbocycles. The van der Waals surface area contributed by atoms with Gasteiger partial charge < -0.3 is 20.4 Å². The van der Waals surface area contributed by atoms with Crippen molar-refractivity contribution < 1.29 is 14.6 Å². The highest BCUT2D eigenvalue weighted by atomic mass is 16.9. The van der Waals surface area contributed by atoms with Gasteiger partial charge in [-0.2, -0.15) is 4.40 Å². The molecule has 0 unspecified atom stereocenters. The fourth-order valence-electron chi connectivity index (χ4n) is 1.12. The minimum absolute atomic E-state index is 0.313. The summed E-state index contributed by atoms with van der Waals surface area (Å²) in [4.78, 5) is 8.25. The Hall–Kier alpha value is -2.37. The number of fused-ring (bicyclic) bond motifs is 1. The lowest BCUT2D eigenvalue weighted by molar-refractivity contribution is -0.512. The molecule has 0 fully saturated rings. The Balaban J connectivity index is 0.000000245. The fourth-order valence-corrected chi connectivity index (χ4v) is 1.12. The highest BCUT2D eigenvalue weighted by molar-refractivity contribution is 5.51. The molecule has 78 valence electrons. The summed E-state index contributed by atoms with van der Waals surface area (Å²) in [6.07, 6.45) is 3.80. The zero-order valence-electron chi connectivity index (χ0n) is 7.61. The predicted octanol–water partition coefficient (Wildman–Crippen LogP) is 0.892. The van der Waals surface area contributed by atoms with E-state index < -0.39 is 5.09 Å². The molecule has 0 radical (unpaired) electrons. The summed E-state index contributed by atoms with van der Waals surface area (Å²) < 4.78 is 1.87. The maximum absolute atomic E-state index is 9.35. The van der Waals surface area contributed by atoms with Gasteiger partial charge in [-0.3, -0.25) is 0 Å². The first kappa shape index (κ1) is 10.7. The van der Waals surface area contributed by atoms with Crippen LogP contribution >= 0.6 is 0 Å². The average molecular weight is 208 g/mol. The summed E-state index contributed by atoms with van der Waals surface area (Å²) in [5.74, 6) is 0.313. The molecular formula is C9H8N2O4. The van der Waals surface area contributed by atoms with Gasteiger partial charge in [0.05, 0.1) is 5.09 Å². The first-order valence-corrected chi connectivity index (χ1v) is 4.01. The quantitative estimate of drug-likeness (QED) is 0.395. The monoisotopic (exact) mass is 208 g/mol. The van der Waals surface area contributed by atoms with E-state index in [1.807, 2.05) is 41.1 Å². The van der Waals surface area contributed by atoms with E-state index in [0.717, 1.165) is 5.52 Å². The topological polar surface area (TPSA) is 90.5 Å². The number of aromatic hydroxyl groups is 1. The lowest BCUT2D eigenvalue weighted by atomic mass is 10.3. The van der Waals surface area contributed by atoms with Crippen molar-refractivity contribution in [1.82, 2.24) is 0 Å². The molecule has 6 heteroatoms. The Bertz CT molecular complexity index is 463. The van der Waals surface area contributed by atoms with Crippen LogP contribution in [0.1, 0.15) is 0 Å². The molecule has 0 saturated heterocycles. The van der Waals surface area contributed by atoms with E-state index in [0.29, 0.717) is 5.75 Å². The van der Waals surface area contributed by atoms with E-state index in [4.69, 9.17) is 15.3 Å². The second-order valence-corrected chi connectivity index (χ2v) is 2.61. The molecule has 0 amide bonds. The number of hydrogen-bond donors (Lipinski definition) is 1. The van der Waals surface area contributed by atoms with E-state index in [-0.39, 0.29) is 0 Å². The minimum atomic E-state index is -1.75. The predicted molar refractivity (Wildman–Crippen MR) is 51.6 cm³/mol. The third kappa shape index (κ3) is 3.11. The van der Waals surface area contributed by atoms with E-state index in [1.54, 1.807) is 6.07 Å². The van der Waals surface area contributed by atoms with Crippen LogP contribution in [0.3, 0.4) is 0 Å². The molecule has 15 heavy (non-hydrogen) atoms. The lowest BCUT2D eigenvalue weighted by Crippen LogP contribution is -2.19. The van der Waals surface area contributed by atoms with Crippen LogP contribution in [0.15, 0.2) is 42.7 Å².